The fourth-order valence-corrected chi connectivity index (χ4v) is 3.49. The molecule has 2 heterocycles. The van der Waals surface area contributed by atoms with E-state index in [1.54, 1.807) is 7.11 Å². The largest absolute Gasteiger partial charge is 0.380 e. The molecule has 0 radical (unpaired) electrons. The second kappa shape index (κ2) is 5.08. The van der Waals surface area contributed by atoms with Crippen LogP contribution in [0.3, 0.4) is 0 Å². The van der Waals surface area contributed by atoms with Gasteiger partial charge in [0.1, 0.15) is 0 Å². The van der Waals surface area contributed by atoms with Gasteiger partial charge in [0.15, 0.2) is 0 Å². The van der Waals surface area contributed by atoms with Crippen molar-refractivity contribution in [2.24, 2.45) is 0 Å². The van der Waals surface area contributed by atoms with E-state index >= 15 is 0 Å². The van der Waals surface area contributed by atoms with Crippen molar-refractivity contribution < 1.29 is 9.47 Å². The Balaban J connectivity index is 1.89. The number of ether oxygens (including phenoxy) is 2. The number of methoxy groups -OCH3 is 1. The lowest BCUT2D eigenvalue weighted by atomic mass is 9.98. The quantitative estimate of drug-likeness (QED) is 0.824. The molecule has 4 nitrogen and oxygen atoms in total. The molecule has 2 aliphatic rings. The van der Waals surface area contributed by atoms with E-state index in [0.717, 1.165) is 32.6 Å². The van der Waals surface area contributed by atoms with Gasteiger partial charge in [-0.3, -0.25) is 4.90 Å². The van der Waals surface area contributed by atoms with Gasteiger partial charge in [0.25, 0.3) is 0 Å². The van der Waals surface area contributed by atoms with Crippen molar-refractivity contribution >= 4 is 0 Å². The molecule has 2 saturated heterocycles. The van der Waals surface area contributed by atoms with Crippen molar-refractivity contribution in [1.29, 1.82) is 0 Å². The normalized spacial score (nSPS) is 35.8. The summed E-state index contributed by atoms with van der Waals surface area (Å²) in [6, 6.07) is 0.555. The van der Waals surface area contributed by atoms with Crippen LogP contribution < -0.4 is 5.32 Å². The van der Waals surface area contributed by atoms with Gasteiger partial charge >= 0.3 is 0 Å². The first-order valence-electron chi connectivity index (χ1n) is 6.98. The summed E-state index contributed by atoms with van der Waals surface area (Å²) in [6.45, 7) is 12.8. The molecule has 2 fully saturated rings. The molecule has 2 rings (SSSR count). The van der Waals surface area contributed by atoms with E-state index in [0.29, 0.717) is 12.1 Å². The predicted octanol–water partition coefficient (Wildman–Crippen LogP) is 1.25. The fraction of sp³-hybridized carbons (Fsp3) is 1.00. The van der Waals surface area contributed by atoms with Gasteiger partial charge < -0.3 is 14.8 Å². The van der Waals surface area contributed by atoms with E-state index in [1.165, 1.54) is 0 Å². The van der Waals surface area contributed by atoms with E-state index < -0.39 is 0 Å². The van der Waals surface area contributed by atoms with E-state index in [2.05, 4.69) is 37.9 Å². The highest BCUT2D eigenvalue weighted by molar-refractivity contribution is 4.92. The second-order valence-corrected chi connectivity index (χ2v) is 6.99. The maximum Gasteiger partial charge on any atom is 0.0760 e. The van der Waals surface area contributed by atoms with Crippen molar-refractivity contribution in [2.45, 2.75) is 57.5 Å². The summed E-state index contributed by atoms with van der Waals surface area (Å²) in [4.78, 5) is 2.53. The van der Waals surface area contributed by atoms with E-state index in [1.807, 2.05) is 0 Å². The zero-order valence-corrected chi connectivity index (χ0v) is 12.5. The monoisotopic (exact) mass is 256 g/mol. The molecule has 0 aromatic heterocycles. The third-order valence-corrected chi connectivity index (χ3v) is 3.75. The Hall–Kier alpha value is -0.160. The summed E-state index contributed by atoms with van der Waals surface area (Å²) < 4.78 is 11.5. The number of rotatable bonds is 3. The highest BCUT2D eigenvalue weighted by atomic mass is 16.5. The SMILES string of the molecule is COC1CNC(CN2CC(C)(C)OC(C)(C)C2)C1. The zero-order chi connectivity index (χ0) is 13.4. The van der Waals surface area contributed by atoms with Crippen LogP contribution in [0.5, 0.6) is 0 Å². The van der Waals surface area contributed by atoms with E-state index in [9.17, 15) is 0 Å². The van der Waals surface area contributed by atoms with Crippen LogP contribution in [0.15, 0.2) is 0 Å². The molecule has 0 aromatic rings. The maximum atomic E-state index is 6.11. The van der Waals surface area contributed by atoms with Crippen LogP contribution in [-0.4, -0.2) is 61.5 Å². The van der Waals surface area contributed by atoms with Crippen LogP contribution in [0.1, 0.15) is 34.1 Å². The van der Waals surface area contributed by atoms with Gasteiger partial charge in [-0.05, 0) is 34.1 Å². The Kier molecular flexibility index (Phi) is 4.02. The van der Waals surface area contributed by atoms with Gasteiger partial charge in [-0.15, -0.1) is 0 Å². The molecule has 0 aliphatic carbocycles. The van der Waals surface area contributed by atoms with E-state index in [4.69, 9.17) is 9.47 Å². The molecule has 18 heavy (non-hydrogen) atoms. The minimum absolute atomic E-state index is 0.0546. The molecule has 2 aliphatic heterocycles. The van der Waals surface area contributed by atoms with Gasteiger partial charge in [0.2, 0.25) is 0 Å². The highest BCUT2D eigenvalue weighted by Crippen LogP contribution is 2.28. The average Bonchev–Trinajstić information content (AvgIpc) is 2.60. The first kappa shape index (κ1) is 14.3. The van der Waals surface area contributed by atoms with Crippen LogP contribution in [0.2, 0.25) is 0 Å². The van der Waals surface area contributed by atoms with Crippen LogP contribution in [-0.2, 0) is 9.47 Å². The predicted molar refractivity (Wildman–Crippen MR) is 72.9 cm³/mol. The smallest absolute Gasteiger partial charge is 0.0760 e. The van der Waals surface area contributed by atoms with Crippen molar-refractivity contribution in [3.63, 3.8) is 0 Å². The maximum absolute atomic E-state index is 6.11. The first-order chi connectivity index (χ1) is 8.30. The standard InChI is InChI=1S/C14H28N2O2/c1-13(2)9-16(10-14(3,4)18-13)8-11-6-12(17-5)7-15-11/h11-12,15H,6-10H2,1-5H3. The third-order valence-electron chi connectivity index (χ3n) is 3.75. The summed E-state index contributed by atoms with van der Waals surface area (Å²) >= 11 is 0. The summed E-state index contributed by atoms with van der Waals surface area (Å²) in [7, 11) is 1.80. The molecule has 0 bridgehead atoms. The Labute approximate surface area is 111 Å². The molecular formula is C14H28N2O2. The molecule has 2 unspecified atom stereocenters. The van der Waals surface area contributed by atoms with Gasteiger partial charge in [0, 0.05) is 39.3 Å². The van der Waals surface area contributed by atoms with Gasteiger partial charge in [-0.25, -0.2) is 0 Å². The Morgan fingerprint density at radius 3 is 2.33 bits per heavy atom. The first-order valence-corrected chi connectivity index (χ1v) is 6.98. The summed E-state index contributed by atoms with van der Waals surface area (Å²) in [5.74, 6) is 0. The molecule has 106 valence electrons. The zero-order valence-electron chi connectivity index (χ0n) is 12.5. The number of morpholine rings is 1. The van der Waals surface area contributed by atoms with Crippen molar-refractivity contribution in [3.05, 3.63) is 0 Å². The number of hydrogen-bond acceptors (Lipinski definition) is 4. The summed E-state index contributed by atoms with van der Waals surface area (Å²) in [6.07, 6.45) is 1.51. The molecule has 0 aromatic carbocycles. The Bertz CT molecular complexity index is 276. The van der Waals surface area contributed by atoms with Gasteiger partial charge in [-0.2, -0.15) is 0 Å². The van der Waals surface area contributed by atoms with E-state index in [-0.39, 0.29) is 11.2 Å². The summed E-state index contributed by atoms with van der Waals surface area (Å²) in [5, 5.41) is 3.55. The van der Waals surface area contributed by atoms with Crippen LogP contribution in [0.4, 0.5) is 0 Å². The lowest BCUT2D eigenvalue weighted by Gasteiger charge is -2.47. The molecule has 0 saturated carbocycles. The molecule has 1 N–H and O–H groups in total. The lowest BCUT2D eigenvalue weighted by molar-refractivity contribution is -0.181. The van der Waals surface area contributed by atoms with Crippen LogP contribution >= 0.6 is 0 Å². The minimum atomic E-state index is -0.0546. The number of nitrogens with one attached hydrogen (secondary N) is 1. The number of hydrogen-bond donors (Lipinski definition) is 1. The molecule has 2 atom stereocenters. The molecular weight excluding hydrogens is 228 g/mol. The Morgan fingerprint density at radius 2 is 1.83 bits per heavy atom. The summed E-state index contributed by atoms with van der Waals surface area (Å²) in [5.41, 5.74) is -0.109. The highest BCUT2D eigenvalue weighted by Gasteiger charge is 2.39. The molecule has 0 spiro atoms. The third kappa shape index (κ3) is 3.67. The second-order valence-electron chi connectivity index (χ2n) is 6.99. The minimum Gasteiger partial charge on any atom is -0.380 e. The van der Waals surface area contributed by atoms with Gasteiger partial charge in [0.05, 0.1) is 17.3 Å². The number of nitrogens with zero attached hydrogens (tertiary/aromatic N) is 1. The van der Waals surface area contributed by atoms with Crippen molar-refractivity contribution in [2.75, 3.05) is 33.3 Å². The lowest BCUT2D eigenvalue weighted by Crippen LogP contribution is -2.58. The fourth-order valence-electron chi connectivity index (χ4n) is 3.49. The van der Waals surface area contributed by atoms with Crippen molar-refractivity contribution in [1.82, 2.24) is 10.2 Å². The van der Waals surface area contributed by atoms with Crippen LogP contribution in [0.25, 0.3) is 0 Å². The Morgan fingerprint density at radius 1 is 1.22 bits per heavy atom. The van der Waals surface area contributed by atoms with Gasteiger partial charge in [-0.1, -0.05) is 0 Å². The average molecular weight is 256 g/mol. The van der Waals surface area contributed by atoms with Crippen molar-refractivity contribution in [3.8, 4) is 0 Å². The molecule has 0 amide bonds. The molecule has 4 heteroatoms. The van der Waals surface area contributed by atoms with Crippen LogP contribution in [0, 0.1) is 0 Å². The topological polar surface area (TPSA) is 33.7 Å².